The van der Waals surface area contributed by atoms with Crippen molar-refractivity contribution in [2.75, 3.05) is 39.3 Å². The molecule has 3 amide bonds. The summed E-state index contributed by atoms with van der Waals surface area (Å²) in [6.45, 7) is 12.3. The van der Waals surface area contributed by atoms with Gasteiger partial charge in [-0.1, -0.05) is 13.8 Å². The first-order valence-corrected chi connectivity index (χ1v) is 9.21. The van der Waals surface area contributed by atoms with E-state index in [1.807, 2.05) is 23.6 Å². The second kappa shape index (κ2) is 8.19. The summed E-state index contributed by atoms with van der Waals surface area (Å²) in [6, 6.07) is 0.00774. The molecular formula is C18H33N3O3. The van der Waals surface area contributed by atoms with Crippen LogP contribution in [-0.4, -0.2) is 66.7 Å². The zero-order valence-corrected chi connectivity index (χ0v) is 15.6. The number of morpholine rings is 1. The van der Waals surface area contributed by atoms with E-state index < -0.39 is 0 Å². The molecule has 0 saturated carbocycles. The third kappa shape index (κ3) is 5.65. The maximum atomic E-state index is 12.6. The highest BCUT2D eigenvalue weighted by Gasteiger charge is 2.32. The van der Waals surface area contributed by atoms with E-state index in [1.54, 1.807) is 0 Å². The molecule has 1 unspecified atom stereocenters. The lowest BCUT2D eigenvalue weighted by Crippen LogP contribution is -2.51. The van der Waals surface area contributed by atoms with Crippen LogP contribution in [0.25, 0.3) is 0 Å². The quantitative estimate of drug-likeness (QED) is 0.853. The second-order valence-electron chi connectivity index (χ2n) is 8.16. The number of hydrogen-bond acceptors (Lipinski definition) is 3. The molecule has 0 spiro atoms. The number of likely N-dealkylation sites (tertiary alicyclic amines) is 1. The molecule has 0 radical (unpaired) electrons. The lowest BCUT2D eigenvalue weighted by molar-refractivity contribution is -0.147. The van der Waals surface area contributed by atoms with Gasteiger partial charge in [0.2, 0.25) is 5.91 Å². The summed E-state index contributed by atoms with van der Waals surface area (Å²) in [6.07, 6.45) is 2.53. The molecule has 0 bridgehead atoms. The fourth-order valence-electron chi connectivity index (χ4n) is 3.42. The van der Waals surface area contributed by atoms with Gasteiger partial charge in [-0.2, -0.15) is 0 Å². The Kier molecular flexibility index (Phi) is 6.49. The monoisotopic (exact) mass is 339 g/mol. The molecule has 0 aromatic heterocycles. The molecule has 2 fully saturated rings. The number of ether oxygens (including phenoxy) is 1. The Bertz CT molecular complexity index is 451. The normalized spacial score (nSPS) is 24.1. The van der Waals surface area contributed by atoms with Crippen LogP contribution in [0.15, 0.2) is 0 Å². The lowest BCUT2D eigenvalue weighted by atomic mass is 9.94. The Hall–Kier alpha value is -1.30. The van der Waals surface area contributed by atoms with Gasteiger partial charge in [0.05, 0.1) is 12.2 Å². The highest BCUT2D eigenvalue weighted by atomic mass is 16.5. The van der Waals surface area contributed by atoms with Gasteiger partial charge in [-0.05, 0) is 38.5 Å². The van der Waals surface area contributed by atoms with E-state index in [1.165, 1.54) is 0 Å². The van der Waals surface area contributed by atoms with Gasteiger partial charge in [0.25, 0.3) is 0 Å². The SMILES string of the molecule is CC(C)CNC(=O)N1CCCC(CC(=O)N2CCOC(C)(C)C2)C1. The van der Waals surface area contributed by atoms with E-state index in [0.29, 0.717) is 45.1 Å². The minimum Gasteiger partial charge on any atom is -0.372 e. The maximum absolute atomic E-state index is 12.6. The van der Waals surface area contributed by atoms with E-state index in [2.05, 4.69) is 19.2 Å². The molecule has 2 aliphatic rings. The Labute approximate surface area is 145 Å². The summed E-state index contributed by atoms with van der Waals surface area (Å²) in [5.74, 6) is 0.906. The van der Waals surface area contributed by atoms with Gasteiger partial charge in [0.15, 0.2) is 0 Å². The van der Waals surface area contributed by atoms with Gasteiger partial charge in [0, 0.05) is 39.1 Å². The summed E-state index contributed by atoms with van der Waals surface area (Å²) in [5, 5.41) is 2.97. The van der Waals surface area contributed by atoms with Crippen LogP contribution in [0.5, 0.6) is 0 Å². The zero-order chi connectivity index (χ0) is 17.7. The van der Waals surface area contributed by atoms with Crippen LogP contribution in [0.2, 0.25) is 0 Å². The third-order valence-electron chi connectivity index (χ3n) is 4.71. The number of carbonyl (C=O) groups excluding carboxylic acids is 2. The zero-order valence-electron chi connectivity index (χ0n) is 15.6. The number of urea groups is 1. The molecule has 6 nitrogen and oxygen atoms in total. The van der Waals surface area contributed by atoms with Crippen molar-refractivity contribution >= 4 is 11.9 Å². The lowest BCUT2D eigenvalue weighted by Gasteiger charge is -2.39. The molecule has 2 heterocycles. The van der Waals surface area contributed by atoms with Gasteiger partial charge in [-0.15, -0.1) is 0 Å². The van der Waals surface area contributed by atoms with Crippen LogP contribution in [-0.2, 0) is 9.53 Å². The van der Waals surface area contributed by atoms with Gasteiger partial charge >= 0.3 is 6.03 Å². The number of carbonyl (C=O) groups is 2. The molecule has 6 heteroatoms. The minimum absolute atomic E-state index is 0.00774. The molecule has 2 rings (SSSR count). The fraction of sp³-hybridized carbons (Fsp3) is 0.889. The highest BCUT2D eigenvalue weighted by molar-refractivity contribution is 5.77. The number of amides is 3. The van der Waals surface area contributed by atoms with Crippen LogP contribution in [0.4, 0.5) is 4.79 Å². The fourth-order valence-corrected chi connectivity index (χ4v) is 3.42. The number of nitrogens with zero attached hydrogens (tertiary/aromatic N) is 2. The van der Waals surface area contributed by atoms with Crippen LogP contribution in [0, 0.1) is 11.8 Å². The van der Waals surface area contributed by atoms with Crippen molar-refractivity contribution in [3.8, 4) is 0 Å². The van der Waals surface area contributed by atoms with E-state index in [4.69, 9.17) is 4.74 Å². The molecule has 1 N–H and O–H groups in total. The predicted molar refractivity (Wildman–Crippen MR) is 93.8 cm³/mol. The molecule has 0 aliphatic carbocycles. The Morgan fingerprint density at radius 2 is 2.00 bits per heavy atom. The Balaban J connectivity index is 1.81. The number of rotatable bonds is 4. The second-order valence-corrected chi connectivity index (χ2v) is 8.16. The largest absolute Gasteiger partial charge is 0.372 e. The van der Waals surface area contributed by atoms with Gasteiger partial charge in [0.1, 0.15) is 0 Å². The van der Waals surface area contributed by atoms with Gasteiger partial charge in [-0.3, -0.25) is 4.79 Å². The average molecular weight is 339 g/mol. The summed E-state index contributed by atoms with van der Waals surface area (Å²) < 4.78 is 5.68. The van der Waals surface area contributed by atoms with Gasteiger partial charge in [-0.25, -0.2) is 4.79 Å². The molecule has 138 valence electrons. The van der Waals surface area contributed by atoms with Crippen molar-refractivity contribution in [3.63, 3.8) is 0 Å². The Morgan fingerprint density at radius 1 is 1.25 bits per heavy atom. The molecular weight excluding hydrogens is 306 g/mol. The number of nitrogens with one attached hydrogen (secondary N) is 1. The molecule has 24 heavy (non-hydrogen) atoms. The maximum Gasteiger partial charge on any atom is 0.317 e. The number of piperidine rings is 1. The van der Waals surface area contributed by atoms with Crippen LogP contribution < -0.4 is 5.32 Å². The summed E-state index contributed by atoms with van der Waals surface area (Å²) in [4.78, 5) is 28.6. The molecule has 0 aromatic rings. The highest BCUT2D eigenvalue weighted by Crippen LogP contribution is 2.23. The predicted octanol–water partition coefficient (Wildman–Crippen LogP) is 2.09. The molecule has 2 aliphatic heterocycles. The van der Waals surface area contributed by atoms with Crippen LogP contribution in [0.1, 0.15) is 47.0 Å². The summed E-state index contributed by atoms with van der Waals surface area (Å²) >= 11 is 0. The number of hydrogen-bond donors (Lipinski definition) is 1. The first-order chi connectivity index (χ1) is 11.3. The molecule has 0 aromatic carbocycles. The summed E-state index contributed by atoms with van der Waals surface area (Å²) in [7, 11) is 0. The smallest absolute Gasteiger partial charge is 0.317 e. The van der Waals surface area contributed by atoms with Crippen molar-refractivity contribution in [2.45, 2.75) is 52.6 Å². The van der Waals surface area contributed by atoms with E-state index >= 15 is 0 Å². The van der Waals surface area contributed by atoms with E-state index in [9.17, 15) is 9.59 Å². The van der Waals surface area contributed by atoms with Crippen molar-refractivity contribution in [2.24, 2.45) is 11.8 Å². The standard InChI is InChI=1S/C18H33N3O3/c1-14(2)11-19-17(23)20-7-5-6-15(12-20)10-16(22)21-8-9-24-18(3,4)13-21/h14-15H,5-13H2,1-4H3,(H,19,23). The van der Waals surface area contributed by atoms with Crippen molar-refractivity contribution in [1.29, 1.82) is 0 Å². The topological polar surface area (TPSA) is 61.9 Å². The van der Waals surface area contributed by atoms with E-state index in [0.717, 1.165) is 19.4 Å². The van der Waals surface area contributed by atoms with Crippen LogP contribution >= 0.6 is 0 Å². The Morgan fingerprint density at radius 3 is 2.67 bits per heavy atom. The molecule has 2 saturated heterocycles. The van der Waals surface area contributed by atoms with Crippen LogP contribution in [0.3, 0.4) is 0 Å². The first-order valence-electron chi connectivity index (χ1n) is 9.21. The van der Waals surface area contributed by atoms with Crippen molar-refractivity contribution in [3.05, 3.63) is 0 Å². The van der Waals surface area contributed by atoms with E-state index in [-0.39, 0.29) is 23.5 Å². The average Bonchev–Trinajstić information content (AvgIpc) is 2.51. The minimum atomic E-state index is -0.261. The van der Waals surface area contributed by atoms with Crippen molar-refractivity contribution < 1.29 is 14.3 Å². The summed E-state index contributed by atoms with van der Waals surface area (Å²) in [5.41, 5.74) is -0.261. The molecule has 1 atom stereocenters. The van der Waals surface area contributed by atoms with Crippen molar-refractivity contribution in [1.82, 2.24) is 15.1 Å². The van der Waals surface area contributed by atoms with Gasteiger partial charge < -0.3 is 19.9 Å². The first kappa shape index (κ1) is 19.0. The third-order valence-corrected chi connectivity index (χ3v) is 4.71.